The molecule has 3 aromatic rings. The highest BCUT2D eigenvalue weighted by atomic mass is 19.1. The van der Waals surface area contributed by atoms with E-state index in [0.29, 0.717) is 5.56 Å². The number of carbonyl (C=O) groups excluding carboxylic acids is 1. The van der Waals surface area contributed by atoms with Gasteiger partial charge in [0.2, 0.25) is 0 Å². The fraction of sp³-hybridized carbons (Fsp3) is 0.333. The van der Waals surface area contributed by atoms with E-state index in [1.165, 1.54) is 17.7 Å². The summed E-state index contributed by atoms with van der Waals surface area (Å²) < 4.78 is 19.6. The summed E-state index contributed by atoms with van der Waals surface area (Å²) in [5.74, 6) is -1.13. The number of ether oxygens (including phenoxy) is 1. The molecule has 0 aliphatic rings. The highest BCUT2D eigenvalue weighted by Crippen LogP contribution is 2.22. The van der Waals surface area contributed by atoms with Crippen LogP contribution in [0.15, 0.2) is 60.8 Å². The molecule has 0 unspecified atom stereocenters. The van der Waals surface area contributed by atoms with Gasteiger partial charge in [-0.15, -0.1) is 0 Å². The van der Waals surface area contributed by atoms with E-state index in [0.717, 1.165) is 61.8 Å². The molecule has 0 saturated heterocycles. The minimum absolute atomic E-state index is 0.0438. The molecule has 0 radical (unpaired) electrons. The number of halogens is 1. The Hall–Kier alpha value is -3.01. The normalized spacial score (nSPS) is 10.8. The molecule has 3 nitrogen and oxygen atoms in total. The lowest BCUT2D eigenvalue weighted by Crippen LogP contribution is -2.09. The summed E-state index contributed by atoms with van der Waals surface area (Å²) in [6.45, 7) is 4.31. The second kappa shape index (κ2) is 11.4. The molecule has 0 fully saturated rings. The highest BCUT2D eigenvalue weighted by Gasteiger charge is 2.13. The largest absolute Gasteiger partial charge is 0.420 e. The molecule has 2 aromatic carbocycles. The average molecular weight is 420 g/mol. The number of rotatable bonds is 10. The molecular formula is C27H30FNO2. The summed E-state index contributed by atoms with van der Waals surface area (Å²) in [6, 6.07) is 15.9. The van der Waals surface area contributed by atoms with Gasteiger partial charge in [-0.05, 0) is 67.1 Å². The number of pyridine rings is 1. The van der Waals surface area contributed by atoms with Gasteiger partial charge >= 0.3 is 5.97 Å². The van der Waals surface area contributed by atoms with E-state index < -0.39 is 11.8 Å². The molecule has 0 aliphatic carbocycles. The number of benzene rings is 2. The summed E-state index contributed by atoms with van der Waals surface area (Å²) in [6.07, 6.45) is 9.34. The Morgan fingerprint density at radius 3 is 2.23 bits per heavy atom. The second-order valence-corrected chi connectivity index (χ2v) is 7.84. The van der Waals surface area contributed by atoms with Crippen LogP contribution >= 0.6 is 0 Å². The molecule has 0 atom stereocenters. The molecule has 3 rings (SSSR count). The topological polar surface area (TPSA) is 39.2 Å². The summed E-state index contributed by atoms with van der Waals surface area (Å²) in [5.41, 5.74) is 4.29. The van der Waals surface area contributed by atoms with Crippen LogP contribution in [0, 0.1) is 5.82 Å². The molecule has 0 saturated carbocycles. The van der Waals surface area contributed by atoms with E-state index in [2.05, 4.69) is 24.9 Å². The van der Waals surface area contributed by atoms with Crippen molar-refractivity contribution in [2.24, 2.45) is 0 Å². The third-order valence-corrected chi connectivity index (χ3v) is 5.33. The average Bonchev–Trinajstić information content (AvgIpc) is 2.80. The first-order valence-corrected chi connectivity index (χ1v) is 11.2. The maximum Gasteiger partial charge on any atom is 0.343 e. The number of aromatic nitrogens is 1. The number of aryl methyl sites for hydroxylation is 2. The van der Waals surface area contributed by atoms with Gasteiger partial charge in [0.15, 0.2) is 11.6 Å². The van der Waals surface area contributed by atoms with E-state index in [9.17, 15) is 9.18 Å². The number of hydrogen-bond acceptors (Lipinski definition) is 3. The quantitative estimate of drug-likeness (QED) is 0.198. The zero-order valence-electron chi connectivity index (χ0n) is 18.4. The number of hydrogen-bond donors (Lipinski definition) is 0. The lowest BCUT2D eigenvalue weighted by atomic mass is 10.1. The van der Waals surface area contributed by atoms with Crippen LogP contribution in [0.5, 0.6) is 5.75 Å². The van der Waals surface area contributed by atoms with Gasteiger partial charge in [0, 0.05) is 11.8 Å². The van der Waals surface area contributed by atoms with Crippen LogP contribution in [-0.2, 0) is 12.8 Å². The summed E-state index contributed by atoms with van der Waals surface area (Å²) in [4.78, 5) is 17.0. The molecule has 162 valence electrons. The van der Waals surface area contributed by atoms with Crippen LogP contribution < -0.4 is 4.74 Å². The Kier molecular flexibility index (Phi) is 8.34. The van der Waals surface area contributed by atoms with Gasteiger partial charge in [-0.25, -0.2) is 9.18 Å². The SMILES string of the molecule is CCCCCc1ccc(OC(=O)c2ccc(-c3ccc(CCCC)cn3)cc2)c(F)c1. The standard InChI is InChI=1S/C27H30FNO2/c1-3-5-7-9-20-11-17-26(24(28)18-20)31-27(30)23-14-12-22(13-15-23)25-16-10-21(19-29-25)8-6-4-2/h10-19H,3-9H2,1-2H3. The van der Waals surface area contributed by atoms with Crippen LogP contribution in [0.3, 0.4) is 0 Å². The fourth-order valence-electron chi connectivity index (χ4n) is 3.42. The van der Waals surface area contributed by atoms with Crippen molar-refractivity contribution in [1.29, 1.82) is 0 Å². The predicted octanol–water partition coefficient (Wildman–Crippen LogP) is 7.18. The van der Waals surface area contributed by atoms with Crippen molar-refractivity contribution in [3.8, 4) is 17.0 Å². The molecule has 0 N–H and O–H groups in total. The van der Waals surface area contributed by atoms with Crippen molar-refractivity contribution in [3.63, 3.8) is 0 Å². The third kappa shape index (κ3) is 6.48. The first kappa shape index (κ1) is 22.7. The minimum Gasteiger partial charge on any atom is -0.420 e. The van der Waals surface area contributed by atoms with Crippen LogP contribution in [-0.4, -0.2) is 11.0 Å². The molecular weight excluding hydrogens is 389 g/mol. The number of carbonyl (C=O) groups is 1. The van der Waals surface area contributed by atoms with Crippen molar-refractivity contribution < 1.29 is 13.9 Å². The fourth-order valence-corrected chi connectivity index (χ4v) is 3.42. The third-order valence-electron chi connectivity index (χ3n) is 5.33. The van der Waals surface area contributed by atoms with Crippen LogP contribution in [0.2, 0.25) is 0 Å². The van der Waals surface area contributed by atoms with E-state index in [1.807, 2.05) is 30.5 Å². The highest BCUT2D eigenvalue weighted by molar-refractivity contribution is 5.91. The van der Waals surface area contributed by atoms with E-state index >= 15 is 0 Å². The summed E-state index contributed by atoms with van der Waals surface area (Å²) in [5, 5.41) is 0. The molecule has 1 aromatic heterocycles. The van der Waals surface area contributed by atoms with Crippen LogP contribution in [0.4, 0.5) is 4.39 Å². The second-order valence-electron chi connectivity index (χ2n) is 7.84. The molecule has 0 bridgehead atoms. The Bertz CT molecular complexity index is 981. The zero-order chi connectivity index (χ0) is 22.1. The van der Waals surface area contributed by atoms with Gasteiger partial charge in [-0.2, -0.15) is 0 Å². The van der Waals surface area contributed by atoms with E-state index in [4.69, 9.17) is 4.74 Å². The first-order chi connectivity index (χ1) is 15.1. The van der Waals surface area contributed by atoms with Gasteiger partial charge in [-0.1, -0.05) is 57.4 Å². The van der Waals surface area contributed by atoms with Crippen molar-refractivity contribution >= 4 is 5.97 Å². The number of esters is 1. The van der Waals surface area contributed by atoms with Crippen molar-refractivity contribution in [2.45, 2.75) is 58.8 Å². The lowest BCUT2D eigenvalue weighted by molar-refractivity contribution is 0.0728. The van der Waals surface area contributed by atoms with Gasteiger partial charge in [-0.3, -0.25) is 4.98 Å². The minimum atomic E-state index is -0.577. The maximum atomic E-state index is 14.3. The first-order valence-electron chi connectivity index (χ1n) is 11.2. The van der Waals surface area contributed by atoms with Crippen LogP contribution in [0.25, 0.3) is 11.3 Å². The Balaban J connectivity index is 1.62. The lowest BCUT2D eigenvalue weighted by Gasteiger charge is -2.08. The molecule has 4 heteroatoms. The van der Waals surface area contributed by atoms with Crippen molar-refractivity contribution in [1.82, 2.24) is 4.98 Å². The van der Waals surface area contributed by atoms with E-state index in [1.54, 1.807) is 12.1 Å². The monoisotopic (exact) mass is 419 g/mol. The predicted molar refractivity (Wildman–Crippen MR) is 123 cm³/mol. The Morgan fingerprint density at radius 1 is 0.871 bits per heavy atom. The van der Waals surface area contributed by atoms with Gasteiger partial charge in [0.05, 0.1) is 11.3 Å². The Morgan fingerprint density at radius 2 is 1.58 bits per heavy atom. The van der Waals surface area contributed by atoms with Gasteiger partial charge < -0.3 is 4.74 Å². The van der Waals surface area contributed by atoms with Gasteiger partial charge in [0.1, 0.15) is 0 Å². The molecule has 0 aliphatic heterocycles. The molecule has 1 heterocycles. The summed E-state index contributed by atoms with van der Waals surface area (Å²) >= 11 is 0. The van der Waals surface area contributed by atoms with Gasteiger partial charge in [0.25, 0.3) is 0 Å². The molecule has 0 spiro atoms. The zero-order valence-corrected chi connectivity index (χ0v) is 18.4. The number of unbranched alkanes of at least 4 members (excludes halogenated alkanes) is 3. The molecule has 31 heavy (non-hydrogen) atoms. The maximum absolute atomic E-state index is 14.3. The molecule has 0 amide bonds. The van der Waals surface area contributed by atoms with Crippen molar-refractivity contribution in [3.05, 3.63) is 83.3 Å². The van der Waals surface area contributed by atoms with E-state index in [-0.39, 0.29) is 5.75 Å². The van der Waals surface area contributed by atoms with Crippen molar-refractivity contribution in [2.75, 3.05) is 0 Å². The smallest absolute Gasteiger partial charge is 0.343 e. The number of nitrogens with zero attached hydrogens (tertiary/aromatic N) is 1. The summed E-state index contributed by atoms with van der Waals surface area (Å²) in [7, 11) is 0. The Labute approximate surface area is 184 Å². The van der Waals surface area contributed by atoms with Crippen LogP contribution in [0.1, 0.15) is 67.4 Å².